The summed E-state index contributed by atoms with van der Waals surface area (Å²) in [5.41, 5.74) is 2.67. The standard InChI is InChI=1S/C17H28N2O/c1-14-4-6-16(7-5-14)15(2)18-10-3-11-19-12-8-17(20)9-13-19/h4-7,15,17-18,20H,3,8-13H2,1-2H3/t15-/m1/s1. The van der Waals surface area contributed by atoms with Crippen LogP contribution in [0.15, 0.2) is 24.3 Å². The van der Waals surface area contributed by atoms with Crippen molar-refractivity contribution in [1.82, 2.24) is 10.2 Å². The first kappa shape index (κ1) is 15.5. The van der Waals surface area contributed by atoms with E-state index in [0.29, 0.717) is 6.04 Å². The number of rotatable bonds is 6. The Morgan fingerprint density at radius 3 is 2.55 bits per heavy atom. The lowest BCUT2D eigenvalue weighted by molar-refractivity contribution is 0.0820. The normalized spacial score (nSPS) is 19.1. The van der Waals surface area contributed by atoms with E-state index in [1.54, 1.807) is 0 Å². The number of piperidine rings is 1. The highest BCUT2D eigenvalue weighted by molar-refractivity contribution is 5.23. The summed E-state index contributed by atoms with van der Waals surface area (Å²) in [6.07, 6.45) is 2.98. The molecule has 1 saturated heterocycles. The summed E-state index contributed by atoms with van der Waals surface area (Å²) in [5, 5.41) is 13.1. The van der Waals surface area contributed by atoms with Crippen LogP contribution in [0.3, 0.4) is 0 Å². The number of aryl methyl sites for hydroxylation is 1. The van der Waals surface area contributed by atoms with Crippen molar-refractivity contribution in [3.8, 4) is 0 Å². The van der Waals surface area contributed by atoms with E-state index in [1.807, 2.05) is 0 Å². The fourth-order valence-corrected chi connectivity index (χ4v) is 2.74. The number of aliphatic hydroxyl groups is 1. The molecule has 1 atom stereocenters. The van der Waals surface area contributed by atoms with Gasteiger partial charge in [0.25, 0.3) is 0 Å². The number of benzene rings is 1. The van der Waals surface area contributed by atoms with E-state index in [1.165, 1.54) is 17.5 Å². The molecule has 1 heterocycles. The zero-order chi connectivity index (χ0) is 14.4. The molecule has 0 spiro atoms. The van der Waals surface area contributed by atoms with Crippen LogP contribution < -0.4 is 5.32 Å². The van der Waals surface area contributed by atoms with Gasteiger partial charge in [0, 0.05) is 19.1 Å². The van der Waals surface area contributed by atoms with E-state index in [2.05, 4.69) is 48.3 Å². The van der Waals surface area contributed by atoms with Gasteiger partial charge in [-0.25, -0.2) is 0 Å². The van der Waals surface area contributed by atoms with E-state index >= 15 is 0 Å². The molecule has 0 amide bonds. The minimum absolute atomic E-state index is 0.0639. The van der Waals surface area contributed by atoms with Crippen molar-refractivity contribution < 1.29 is 5.11 Å². The Balaban J connectivity index is 1.62. The first-order valence-corrected chi connectivity index (χ1v) is 7.85. The van der Waals surface area contributed by atoms with E-state index in [0.717, 1.165) is 39.0 Å². The van der Waals surface area contributed by atoms with Crippen molar-refractivity contribution in [2.24, 2.45) is 0 Å². The molecule has 1 fully saturated rings. The monoisotopic (exact) mass is 276 g/mol. The highest BCUT2D eigenvalue weighted by Gasteiger charge is 2.16. The highest BCUT2D eigenvalue weighted by atomic mass is 16.3. The maximum absolute atomic E-state index is 9.48. The Morgan fingerprint density at radius 2 is 1.90 bits per heavy atom. The molecule has 0 radical (unpaired) electrons. The summed E-state index contributed by atoms with van der Waals surface area (Å²) in [6.45, 7) is 8.64. The number of hydrogen-bond acceptors (Lipinski definition) is 3. The van der Waals surface area contributed by atoms with E-state index < -0.39 is 0 Å². The SMILES string of the molecule is Cc1ccc([C@@H](C)NCCCN2CCC(O)CC2)cc1. The van der Waals surface area contributed by atoms with Crippen molar-refractivity contribution in [2.75, 3.05) is 26.2 Å². The molecule has 112 valence electrons. The molecule has 1 aliphatic rings. The molecule has 3 nitrogen and oxygen atoms in total. The minimum atomic E-state index is -0.0639. The molecule has 0 aromatic heterocycles. The Bertz CT molecular complexity index is 382. The van der Waals surface area contributed by atoms with Gasteiger partial charge in [0.05, 0.1) is 6.10 Å². The lowest BCUT2D eigenvalue weighted by Gasteiger charge is -2.29. The summed E-state index contributed by atoms with van der Waals surface area (Å²) in [4.78, 5) is 2.46. The third-order valence-corrected chi connectivity index (χ3v) is 4.24. The van der Waals surface area contributed by atoms with Gasteiger partial charge in [0.15, 0.2) is 0 Å². The minimum Gasteiger partial charge on any atom is -0.393 e. The molecule has 1 aromatic carbocycles. The number of nitrogens with one attached hydrogen (secondary N) is 1. The second kappa shape index (κ2) is 7.77. The average molecular weight is 276 g/mol. The zero-order valence-corrected chi connectivity index (χ0v) is 12.8. The quantitative estimate of drug-likeness (QED) is 0.784. The molecule has 3 heteroatoms. The molecule has 0 saturated carbocycles. The van der Waals surface area contributed by atoms with Crippen LogP contribution in [-0.2, 0) is 0 Å². The predicted octanol–water partition coefficient (Wildman–Crippen LogP) is 2.49. The number of hydrogen-bond donors (Lipinski definition) is 2. The molecule has 0 unspecified atom stereocenters. The lowest BCUT2D eigenvalue weighted by Crippen LogP contribution is -2.37. The Labute approximate surface area is 123 Å². The third-order valence-electron chi connectivity index (χ3n) is 4.24. The summed E-state index contributed by atoms with van der Waals surface area (Å²) in [5.74, 6) is 0. The number of likely N-dealkylation sites (tertiary alicyclic amines) is 1. The van der Waals surface area contributed by atoms with Gasteiger partial charge in [0.2, 0.25) is 0 Å². The second-order valence-electron chi connectivity index (χ2n) is 6.01. The lowest BCUT2D eigenvalue weighted by atomic mass is 10.1. The summed E-state index contributed by atoms with van der Waals surface area (Å²) >= 11 is 0. The molecule has 0 bridgehead atoms. The summed E-state index contributed by atoms with van der Waals surface area (Å²) in [7, 11) is 0. The maximum Gasteiger partial charge on any atom is 0.0564 e. The van der Waals surface area contributed by atoms with Crippen LogP contribution in [0, 0.1) is 6.92 Å². The maximum atomic E-state index is 9.48. The van der Waals surface area contributed by atoms with E-state index in [4.69, 9.17) is 0 Å². The van der Waals surface area contributed by atoms with Gasteiger partial charge in [-0.3, -0.25) is 0 Å². The first-order chi connectivity index (χ1) is 9.65. The molecule has 0 aliphatic carbocycles. The summed E-state index contributed by atoms with van der Waals surface area (Å²) in [6, 6.07) is 9.18. The smallest absolute Gasteiger partial charge is 0.0564 e. The highest BCUT2D eigenvalue weighted by Crippen LogP contribution is 2.13. The van der Waals surface area contributed by atoms with Crippen LogP contribution >= 0.6 is 0 Å². The van der Waals surface area contributed by atoms with Gasteiger partial charge in [-0.1, -0.05) is 29.8 Å². The van der Waals surface area contributed by atoms with Crippen molar-refractivity contribution in [1.29, 1.82) is 0 Å². The van der Waals surface area contributed by atoms with Gasteiger partial charge < -0.3 is 15.3 Å². The van der Waals surface area contributed by atoms with Crippen LogP contribution in [0.25, 0.3) is 0 Å². The Kier molecular flexibility index (Phi) is 6.02. The van der Waals surface area contributed by atoms with Gasteiger partial charge in [-0.05, 0) is 51.8 Å². The first-order valence-electron chi connectivity index (χ1n) is 7.85. The Hall–Kier alpha value is -0.900. The van der Waals surface area contributed by atoms with Crippen LogP contribution in [0.1, 0.15) is 43.4 Å². The van der Waals surface area contributed by atoms with E-state index in [-0.39, 0.29) is 6.10 Å². The van der Waals surface area contributed by atoms with Gasteiger partial charge >= 0.3 is 0 Å². The fraction of sp³-hybridized carbons (Fsp3) is 0.647. The van der Waals surface area contributed by atoms with Crippen LogP contribution in [0.2, 0.25) is 0 Å². The molecule has 20 heavy (non-hydrogen) atoms. The molecule has 1 aliphatic heterocycles. The fourth-order valence-electron chi connectivity index (χ4n) is 2.74. The van der Waals surface area contributed by atoms with Crippen molar-refractivity contribution >= 4 is 0 Å². The number of aliphatic hydroxyl groups excluding tert-OH is 1. The van der Waals surface area contributed by atoms with Crippen molar-refractivity contribution in [3.05, 3.63) is 35.4 Å². The Morgan fingerprint density at radius 1 is 1.25 bits per heavy atom. The van der Waals surface area contributed by atoms with Gasteiger partial charge in [-0.15, -0.1) is 0 Å². The predicted molar refractivity (Wildman–Crippen MR) is 83.9 cm³/mol. The third kappa shape index (κ3) is 4.89. The molecular formula is C17H28N2O. The van der Waals surface area contributed by atoms with Gasteiger partial charge in [0.1, 0.15) is 0 Å². The van der Waals surface area contributed by atoms with Crippen molar-refractivity contribution in [2.45, 2.75) is 45.3 Å². The van der Waals surface area contributed by atoms with Gasteiger partial charge in [-0.2, -0.15) is 0 Å². The average Bonchev–Trinajstić information content (AvgIpc) is 2.46. The largest absolute Gasteiger partial charge is 0.393 e. The second-order valence-corrected chi connectivity index (χ2v) is 6.01. The molecular weight excluding hydrogens is 248 g/mol. The molecule has 2 rings (SSSR count). The molecule has 1 aromatic rings. The van der Waals surface area contributed by atoms with Crippen molar-refractivity contribution in [3.63, 3.8) is 0 Å². The molecule has 2 N–H and O–H groups in total. The van der Waals surface area contributed by atoms with Crippen LogP contribution in [0.4, 0.5) is 0 Å². The summed E-state index contributed by atoms with van der Waals surface area (Å²) < 4.78 is 0. The zero-order valence-electron chi connectivity index (χ0n) is 12.8. The van der Waals surface area contributed by atoms with Crippen LogP contribution in [-0.4, -0.2) is 42.3 Å². The van der Waals surface area contributed by atoms with E-state index in [9.17, 15) is 5.11 Å². The number of nitrogens with zero attached hydrogens (tertiary/aromatic N) is 1. The van der Waals surface area contributed by atoms with Crippen LogP contribution in [0.5, 0.6) is 0 Å². The topological polar surface area (TPSA) is 35.5 Å².